The van der Waals surface area contributed by atoms with E-state index in [0.29, 0.717) is 63.1 Å². The van der Waals surface area contributed by atoms with Gasteiger partial charge in [-0.1, -0.05) is 20.8 Å². The predicted octanol–water partition coefficient (Wildman–Crippen LogP) is 4.96. The van der Waals surface area contributed by atoms with Gasteiger partial charge in [0.25, 0.3) is 0 Å². The van der Waals surface area contributed by atoms with Gasteiger partial charge in [0.2, 0.25) is 5.43 Å². The van der Waals surface area contributed by atoms with Gasteiger partial charge in [0.15, 0.2) is 24.3 Å². The smallest absolute Gasteiger partial charge is 0.477 e. The SMILES string of the molecule is CC[C@H]1OC(=O)[C@H](C)[C@@H](OC2C[C@@](C)(OC)[C@@H](OCCN3CCN(c4ccc5c(c4)c(=O)c(C(=O)O)cn5CC)CC3)[C@H](C)O2)[C@H](C)[C@@H](O[C@@H]2O[C@H](C)C[C@H](N(C)C)[C@H]2O)[C@](C)(O)C[C@@H](C)CN(C)[C@H](C)[C@@H]2OC(=O)O[C@]12C. The maximum Gasteiger partial charge on any atom is 0.509 e. The predicted molar refractivity (Wildman–Crippen MR) is 291 cm³/mol. The quantitative estimate of drug-likeness (QED) is 0.212. The van der Waals surface area contributed by atoms with E-state index in [9.17, 15) is 34.5 Å². The van der Waals surface area contributed by atoms with Crippen molar-refractivity contribution in [1.82, 2.24) is 19.3 Å². The van der Waals surface area contributed by atoms with Crippen molar-refractivity contribution in [2.75, 3.05) is 79.0 Å². The summed E-state index contributed by atoms with van der Waals surface area (Å²) in [5, 5.41) is 34.8. The van der Waals surface area contributed by atoms with Crippen LogP contribution in [0.4, 0.5) is 10.5 Å². The molecule has 0 radical (unpaired) electrons. The molecular formula is C57H91N5O16. The molecule has 21 nitrogen and oxygen atoms in total. The lowest BCUT2D eigenvalue weighted by Crippen LogP contribution is -2.61. The Kier molecular flexibility index (Phi) is 19.8. The Morgan fingerprint density at radius 3 is 2.24 bits per heavy atom. The zero-order valence-corrected chi connectivity index (χ0v) is 48.8. The van der Waals surface area contributed by atoms with E-state index in [1.165, 1.54) is 6.20 Å². The molecule has 5 aliphatic rings. The average Bonchev–Trinajstić information content (AvgIpc) is 3.71. The highest BCUT2D eigenvalue weighted by molar-refractivity contribution is 5.93. The van der Waals surface area contributed by atoms with Crippen LogP contribution in [0.15, 0.2) is 29.2 Å². The number of carboxylic acids is 1. The molecule has 1 aromatic carbocycles. The van der Waals surface area contributed by atoms with Crippen LogP contribution in [0.1, 0.15) is 112 Å². The van der Waals surface area contributed by atoms with Crippen LogP contribution < -0.4 is 10.3 Å². The van der Waals surface area contributed by atoms with Gasteiger partial charge in [-0.3, -0.25) is 19.4 Å². The van der Waals surface area contributed by atoms with E-state index in [2.05, 4.69) is 14.7 Å². The number of rotatable bonds is 14. The van der Waals surface area contributed by atoms with Gasteiger partial charge in [-0.05, 0) is 120 Å². The largest absolute Gasteiger partial charge is 0.509 e. The minimum atomic E-state index is -1.59. The number of carbonyl (C=O) groups is 3. The van der Waals surface area contributed by atoms with Gasteiger partial charge in [-0.25, -0.2) is 9.59 Å². The Hall–Kier alpha value is -4.00. The van der Waals surface area contributed by atoms with Gasteiger partial charge in [0, 0.05) is 94.6 Å². The first-order chi connectivity index (χ1) is 36.7. The number of ether oxygens (including phenoxy) is 9. The summed E-state index contributed by atoms with van der Waals surface area (Å²) >= 11 is 0. The molecule has 0 spiro atoms. The fourth-order valence-corrected chi connectivity index (χ4v) is 13.2. The van der Waals surface area contributed by atoms with Crippen molar-refractivity contribution in [2.24, 2.45) is 17.8 Å². The topological polar surface area (TPSA) is 230 Å². The van der Waals surface area contributed by atoms with Gasteiger partial charge in [-0.15, -0.1) is 0 Å². The number of esters is 1. The van der Waals surface area contributed by atoms with Gasteiger partial charge < -0.3 is 72.3 Å². The molecule has 0 aliphatic carbocycles. The van der Waals surface area contributed by atoms with Crippen LogP contribution in [0.5, 0.6) is 0 Å². The zero-order chi connectivity index (χ0) is 57.3. The van der Waals surface area contributed by atoms with Crippen LogP contribution in [0.25, 0.3) is 10.9 Å². The first-order valence-electron chi connectivity index (χ1n) is 28.2. The number of nitrogens with zero attached hydrogens (tertiary/aromatic N) is 5. The summed E-state index contributed by atoms with van der Waals surface area (Å²) in [4.78, 5) is 61.4. The highest BCUT2D eigenvalue weighted by Gasteiger charge is 2.58. The molecule has 0 saturated carbocycles. The Morgan fingerprint density at radius 1 is 0.923 bits per heavy atom. The molecule has 3 N–H and O–H groups in total. The van der Waals surface area contributed by atoms with Crippen LogP contribution in [0.3, 0.4) is 0 Å². The number of aryl methyl sites for hydroxylation is 1. The second-order valence-electron chi connectivity index (χ2n) is 23.9. The summed E-state index contributed by atoms with van der Waals surface area (Å²) < 4.78 is 59.9. The Bertz CT molecular complexity index is 2450. The van der Waals surface area contributed by atoms with Crippen LogP contribution in [0.2, 0.25) is 0 Å². The molecule has 1 aromatic heterocycles. The Morgan fingerprint density at radius 2 is 1.62 bits per heavy atom. The molecular weight excluding hydrogens is 1010 g/mol. The van der Waals surface area contributed by atoms with E-state index in [0.717, 1.165) is 18.8 Å². The molecule has 21 heteroatoms. The maximum atomic E-state index is 14.9. The number of pyridine rings is 1. The Labute approximate surface area is 460 Å². The zero-order valence-electron chi connectivity index (χ0n) is 48.8. The monoisotopic (exact) mass is 1100 g/mol. The van der Waals surface area contributed by atoms with Crippen molar-refractivity contribution in [1.29, 1.82) is 0 Å². The minimum Gasteiger partial charge on any atom is -0.477 e. The number of piperazine rings is 1. The molecule has 18 atom stereocenters. The number of likely N-dealkylation sites (N-methyl/N-ethyl adjacent to an activating group) is 2. The normalized spacial score (nSPS) is 39.0. The van der Waals surface area contributed by atoms with Crippen LogP contribution in [-0.2, 0) is 54.0 Å². The molecule has 5 fully saturated rings. The van der Waals surface area contributed by atoms with Crippen LogP contribution in [-0.4, -0.2) is 217 Å². The van der Waals surface area contributed by atoms with Crippen molar-refractivity contribution in [3.63, 3.8) is 0 Å². The van der Waals surface area contributed by atoms with Gasteiger partial charge in [-0.2, -0.15) is 0 Å². The molecule has 0 amide bonds. The van der Waals surface area contributed by atoms with Crippen molar-refractivity contribution in [2.45, 2.75) is 199 Å². The third-order valence-electron chi connectivity index (χ3n) is 17.7. The van der Waals surface area contributed by atoms with E-state index < -0.39 is 107 Å². The molecule has 5 aliphatic heterocycles. The Balaban J connectivity index is 1.10. The number of aliphatic hydroxyl groups is 2. The molecule has 1 unspecified atom stereocenters. The number of benzene rings is 1. The standard InChI is InChI=1S/C57H91N5O16/c1-16-43-57(11)49(77-54(68)78-57)36(7)59(14)30-32(3)28-55(9,69)48(76-53-46(64)42(58(12)13)26-33(4)72-53)34(5)47(35(6)52(67)74-43)75-44-29-56(10,70-15)50(37(8)73-44)71-25-24-60-20-22-62(23-21-60)38-18-19-41-39(27-38)45(63)40(51(65)66)31-61(41)17-2/h18-19,27,31-37,42-44,46-50,53,64,69H,16-17,20-26,28-30H2,1-15H3,(H,65,66)/t32-,33-,34+,35-,36-,37+,42+,43-,44?,46-,47+,48-,49+,50+,53+,55-,56-,57-/m1/s1. The van der Waals surface area contributed by atoms with Crippen LogP contribution >= 0.6 is 0 Å². The lowest BCUT2D eigenvalue weighted by atomic mass is 9.77. The highest BCUT2D eigenvalue weighted by Crippen LogP contribution is 2.42. The van der Waals surface area contributed by atoms with E-state index in [-0.39, 0.29) is 42.5 Å². The summed E-state index contributed by atoms with van der Waals surface area (Å²) in [6, 6.07) is 4.99. The number of carbonyl (C=O) groups excluding carboxylic acids is 2. The number of fused-ring (bicyclic) bond motifs is 2. The molecule has 2 aromatic rings. The third kappa shape index (κ3) is 13.0. The van der Waals surface area contributed by atoms with Crippen molar-refractivity contribution < 1.29 is 72.3 Å². The summed E-state index contributed by atoms with van der Waals surface area (Å²) in [6.07, 6.45) is -6.47. The number of aliphatic hydroxyl groups excluding tert-OH is 1. The number of anilines is 1. The fourth-order valence-electron chi connectivity index (χ4n) is 13.2. The number of methoxy groups -OCH3 is 1. The number of cyclic esters (lactones) is 1. The van der Waals surface area contributed by atoms with Crippen LogP contribution in [0, 0.1) is 17.8 Å². The molecule has 5 saturated heterocycles. The third-order valence-corrected chi connectivity index (χ3v) is 17.7. The number of aromatic carboxylic acids is 1. The van der Waals surface area contributed by atoms with Crippen molar-refractivity contribution in [3.05, 3.63) is 40.2 Å². The highest BCUT2D eigenvalue weighted by atomic mass is 16.8. The summed E-state index contributed by atoms with van der Waals surface area (Å²) in [5.74, 6) is -3.82. The first-order valence-corrected chi connectivity index (χ1v) is 28.2. The second kappa shape index (κ2) is 25.0. The van der Waals surface area contributed by atoms with E-state index in [1.54, 1.807) is 38.5 Å². The summed E-state index contributed by atoms with van der Waals surface area (Å²) in [7, 11) is 7.34. The van der Waals surface area contributed by atoms with E-state index in [1.807, 2.05) is 93.6 Å². The number of carboxylic acid groups (broad SMARTS) is 1. The number of hydrogen-bond acceptors (Lipinski definition) is 19. The molecule has 0 bridgehead atoms. The summed E-state index contributed by atoms with van der Waals surface area (Å²) in [5.41, 5.74) is -3.05. The number of hydrogen-bond donors (Lipinski definition) is 3. The fraction of sp³-hybridized carbons (Fsp3) is 0.789. The van der Waals surface area contributed by atoms with E-state index >= 15 is 0 Å². The van der Waals surface area contributed by atoms with Gasteiger partial charge >= 0.3 is 18.1 Å². The average molecular weight is 1100 g/mol. The molecule has 78 heavy (non-hydrogen) atoms. The minimum absolute atomic E-state index is 0.149. The summed E-state index contributed by atoms with van der Waals surface area (Å²) in [6.45, 7) is 25.4. The van der Waals surface area contributed by atoms with E-state index in [4.69, 9.17) is 42.6 Å². The van der Waals surface area contributed by atoms with Crippen molar-refractivity contribution >= 4 is 34.7 Å². The molecule has 6 heterocycles. The van der Waals surface area contributed by atoms with Crippen molar-refractivity contribution in [3.8, 4) is 0 Å². The first kappa shape index (κ1) is 61.6. The lowest BCUT2D eigenvalue weighted by molar-refractivity contribution is -0.320. The lowest BCUT2D eigenvalue weighted by Gasteiger charge is -2.49. The number of aromatic nitrogens is 1. The molecule has 440 valence electrons. The molecule has 7 rings (SSSR count). The van der Waals surface area contributed by atoms with Gasteiger partial charge in [0.1, 0.15) is 23.9 Å². The maximum absolute atomic E-state index is 14.9. The van der Waals surface area contributed by atoms with Gasteiger partial charge in [0.05, 0.1) is 53.7 Å². The second-order valence-corrected chi connectivity index (χ2v) is 23.9.